The van der Waals surface area contributed by atoms with Crippen LogP contribution in [0.25, 0.3) is 0 Å². The number of aromatic nitrogens is 2. The zero-order valence-corrected chi connectivity index (χ0v) is 11.1. The van der Waals surface area contributed by atoms with Gasteiger partial charge in [-0.1, -0.05) is 0 Å². The quantitative estimate of drug-likeness (QED) is 0.732. The first-order valence-corrected chi connectivity index (χ1v) is 6.39. The third-order valence-electron chi connectivity index (χ3n) is 3.59. The number of methoxy groups -OCH3 is 1. The minimum atomic E-state index is -0.501. The van der Waals surface area contributed by atoms with E-state index in [0.717, 1.165) is 0 Å². The summed E-state index contributed by atoms with van der Waals surface area (Å²) in [6.45, 7) is 2.74. The van der Waals surface area contributed by atoms with Crippen molar-refractivity contribution in [1.29, 1.82) is 0 Å². The van der Waals surface area contributed by atoms with Crippen LogP contribution in [0.2, 0.25) is 0 Å². The van der Waals surface area contributed by atoms with E-state index in [1.54, 1.807) is 6.20 Å². The lowest BCUT2D eigenvalue weighted by Gasteiger charge is -2.36. The molecule has 0 aromatic carbocycles. The summed E-state index contributed by atoms with van der Waals surface area (Å²) in [5.41, 5.74) is 0.188. The molecular formula is C12H15N5O3. The zero-order valence-electron chi connectivity index (χ0n) is 11.1. The van der Waals surface area contributed by atoms with Crippen molar-refractivity contribution in [3.05, 3.63) is 18.1 Å². The number of fused-ring (bicyclic) bond motifs is 1. The topological polar surface area (TPSA) is 87.7 Å². The number of nitrogens with zero attached hydrogens (tertiary/aromatic N) is 4. The first kappa shape index (κ1) is 12.6. The molecule has 2 amide bonds. The Hall–Kier alpha value is -2.38. The summed E-state index contributed by atoms with van der Waals surface area (Å²) in [7, 11) is 1.31. The molecule has 2 aliphatic heterocycles. The monoisotopic (exact) mass is 277 g/mol. The Morgan fingerprint density at radius 2 is 2.25 bits per heavy atom. The minimum absolute atomic E-state index is 0.00164. The van der Waals surface area contributed by atoms with Crippen LogP contribution in [0.15, 0.2) is 12.4 Å². The van der Waals surface area contributed by atoms with E-state index in [9.17, 15) is 9.59 Å². The fourth-order valence-corrected chi connectivity index (χ4v) is 2.51. The van der Waals surface area contributed by atoms with Crippen molar-refractivity contribution >= 4 is 17.8 Å². The molecule has 1 N–H and O–H groups in total. The molecule has 0 bridgehead atoms. The van der Waals surface area contributed by atoms with Crippen LogP contribution < -0.4 is 10.2 Å². The number of amides is 2. The smallest absolute Gasteiger partial charge is 0.358 e. The van der Waals surface area contributed by atoms with Crippen molar-refractivity contribution in [3.8, 4) is 0 Å². The van der Waals surface area contributed by atoms with Gasteiger partial charge in [0, 0.05) is 26.2 Å². The van der Waals surface area contributed by atoms with Gasteiger partial charge in [-0.05, 0) is 0 Å². The van der Waals surface area contributed by atoms with E-state index >= 15 is 0 Å². The van der Waals surface area contributed by atoms with Gasteiger partial charge in [-0.2, -0.15) is 0 Å². The Balaban J connectivity index is 1.71. The Labute approximate surface area is 115 Å². The minimum Gasteiger partial charge on any atom is -0.464 e. The molecule has 8 heteroatoms. The summed E-state index contributed by atoms with van der Waals surface area (Å²) in [6.07, 6.45) is 2.97. The summed E-state index contributed by atoms with van der Waals surface area (Å²) in [6, 6.07) is 0.167. The zero-order chi connectivity index (χ0) is 14.1. The van der Waals surface area contributed by atoms with Gasteiger partial charge in [0.15, 0.2) is 5.69 Å². The van der Waals surface area contributed by atoms with E-state index in [4.69, 9.17) is 0 Å². The molecule has 20 heavy (non-hydrogen) atoms. The number of ether oxygens (including phenoxy) is 1. The lowest BCUT2D eigenvalue weighted by atomic mass is 10.2. The molecule has 0 aliphatic carbocycles. The van der Waals surface area contributed by atoms with Crippen LogP contribution in [0.1, 0.15) is 10.5 Å². The Morgan fingerprint density at radius 1 is 1.40 bits per heavy atom. The molecule has 2 fully saturated rings. The number of urea groups is 1. The van der Waals surface area contributed by atoms with Crippen molar-refractivity contribution in [2.24, 2.45) is 0 Å². The molecule has 1 aromatic rings. The van der Waals surface area contributed by atoms with E-state index in [1.165, 1.54) is 13.3 Å². The summed E-state index contributed by atoms with van der Waals surface area (Å²) in [5, 5.41) is 2.83. The van der Waals surface area contributed by atoms with Crippen molar-refractivity contribution in [2.45, 2.75) is 6.04 Å². The standard InChI is InChI=1S/C12H15N5O3/c1-20-11(18)9-5-14-10(6-13-9)16-2-3-17-8(7-16)4-15-12(17)19/h5-6,8H,2-4,7H2,1H3,(H,15,19). The van der Waals surface area contributed by atoms with Crippen LogP contribution >= 0.6 is 0 Å². The van der Waals surface area contributed by atoms with Gasteiger partial charge in [-0.15, -0.1) is 0 Å². The van der Waals surface area contributed by atoms with Crippen LogP contribution in [-0.4, -0.2) is 66.2 Å². The maximum Gasteiger partial charge on any atom is 0.358 e. The van der Waals surface area contributed by atoms with Crippen molar-refractivity contribution < 1.29 is 14.3 Å². The lowest BCUT2D eigenvalue weighted by Crippen LogP contribution is -2.52. The molecule has 2 saturated heterocycles. The van der Waals surface area contributed by atoms with Crippen LogP contribution in [0, 0.1) is 0 Å². The molecule has 8 nitrogen and oxygen atoms in total. The van der Waals surface area contributed by atoms with Crippen LogP contribution in [0.5, 0.6) is 0 Å². The van der Waals surface area contributed by atoms with Gasteiger partial charge in [0.1, 0.15) is 5.82 Å². The second-order valence-corrected chi connectivity index (χ2v) is 4.73. The number of anilines is 1. The Morgan fingerprint density at radius 3 is 2.95 bits per heavy atom. The predicted octanol–water partition coefficient (Wildman–Crippen LogP) is -0.523. The second kappa shape index (κ2) is 4.95. The first-order chi connectivity index (χ1) is 9.69. The Kier molecular flexibility index (Phi) is 3.13. The summed E-state index contributed by atoms with van der Waals surface area (Å²) >= 11 is 0. The van der Waals surface area contributed by atoms with Gasteiger partial charge >= 0.3 is 12.0 Å². The van der Waals surface area contributed by atoms with E-state index in [1.807, 2.05) is 4.90 Å². The van der Waals surface area contributed by atoms with Gasteiger partial charge in [-0.25, -0.2) is 19.6 Å². The molecule has 106 valence electrons. The average Bonchev–Trinajstić information content (AvgIpc) is 2.87. The molecule has 2 aliphatic rings. The normalized spacial score (nSPS) is 21.4. The maximum absolute atomic E-state index is 11.5. The fourth-order valence-electron chi connectivity index (χ4n) is 2.51. The predicted molar refractivity (Wildman–Crippen MR) is 69.5 cm³/mol. The summed E-state index contributed by atoms with van der Waals surface area (Å²) < 4.78 is 4.58. The average molecular weight is 277 g/mol. The maximum atomic E-state index is 11.5. The van der Waals surface area contributed by atoms with Gasteiger partial charge in [0.2, 0.25) is 0 Å². The number of carbonyl (C=O) groups is 2. The summed E-state index contributed by atoms with van der Waals surface area (Å²) in [4.78, 5) is 35.0. The van der Waals surface area contributed by atoms with Gasteiger partial charge in [0.25, 0.3) is 0 Å². The fraction of sp³-hybridized carbons (Fsp3) is 0.500. The molecule has 0 radical (unpaired) electrons. The van der Waals surface area contributed by atoms with Gasteiger partial charge < -0.3 is 19.9 Å². The lowest BCUT2D eigenvalue weighted by molar-refractivity contribution is 0.0593. The number of rotatable bonds is 2. The molecule has 0 spiro atoms. The van der Waals surface area contributed by atoms with E-state index in [2.05, 4.69) is 24.9 Å². The highest BCUT2D eigenvalue weighted by Gasteiger charge is 2.35. The van der Waals surface area contributed by atoms with Crippen molar-refractivity contribution in [2.75, 3.05) is 38.2 Å². The van der Waals surface area contributed by atoms with E-state index in [-0.39, 0.29) is 17.8 Å². The SMILES string of the molecule is COC(=O)c1cnc(N2CCN3C(=O)NCC3C2)cn1. The van der Waals surface area contributed by atoms with Gasteiger partial charge in [0.05, 0.1) is 25.5 Å². The number of hydrogen-bond donors (Lipinski definition) is 1. The highest BCUT2D eigenvalue weighted by molar-refractivity contribution is 5.86. The number of nitrogens with one attached hydrogen (secondary N) is 1. The van der Waals surface area contributed by atoms with Crippen LogP contribution in [-0.2, 0) is 4.74 Å². The number of esters is 1. The Bertz CT molecular complexity index is 532. The van der Waals surface area contributed by atoms with Crippen LogP contribution in [0.4, 0.5) is 10.6 Å². The van der Waals surface area contributed by atoms with Crippen molar-refractivity contribution in [3.63, 3.8) is 0 Å². The highest BCUT2D eigenvalue weighted by Crippen LogP contribution is 2.18. The molecule has 3 rings (SSSR count). The summed E-state index contributed by atoms with van der Waals surface area (Å²) in [5.74, 6) is 0.205. The highest BCUT2D eigenvalue weighted by atomic mass is 16.5. The van der Waals surface area contributed by atoms with Crippen molar-refractivity contribution in [1.82, 2.24) is 20.2 Å². The van der Waals surface area contributed by atoms with Gasteiger partial charge in [-0.3, -0.25) is 0 Å². The third kappa shape index (κ3) is 2.13. The number of carbonyl (C=O) groups excluding carboxylic acids is 2. The second-order valence-electron chi connectivity index (χ2n) is 4.73. The van der Waals surface area contributed by atoms with Crippen LogP contribution in [0.3, 0.4) is 0 Å². The molecule has 1 unspecified atom stereocenters. The third-order valence-corrected chi connectivity index (χ3v) is 3.59. The number of hydrogen-bond acceptors (Lipinski definition) is 6. The van der Waals surface area contributed by atoms with E-state index < -0.39 is 5.97 Å². The number of piperazine rings is 1. The largest absolute Gasteiger partial charge is 0.464 e. The molecule has 1 aromatic heterocycles. The van der Waals surface area contributed by atoms with E-state index in [0.29, 0.717) is 32.0 Å². The molecule has 1 atom stereocenters. The molecule has 3 heterocycles. The molecule has 0 saturated carbocycles. The first-order valence-electron chi connectivity index (χ1n) is 6.39. The molecular weight excluding hydrogens is 262 g/mol.